The number of imidazole rings is 1. The van der Waals surface area contributed by atoms with E-state index in [2.05, 4.69) is 71.2 Å². The highest BCUT2D eigenvalue weighted by atomic mass is 15.1. The van der Waals surface area contributed by atoms with Crippen molar-refractivity contribution in [2.75, 3.05) is 0 Å². The van der Waals surface area contributed by atoms with Gasteiger partial charge in [-0.3, -0.25) is 0 Å². The van der Waals surface area contributed by atoms with Crippen LogP contribution in [0.4, 0.5) is 0 Å². The number of fused-ring (bicyclic) bond motifs is 3. The molecule has 0 spiro atoms. The number of hydrogen-bond acceptors (Lipinski definition) is 0. The predicted octanol–water partition coefficient (Wildman–Crippen LogP) is 2.95. The lowest BCUT2D eigenvalue weighted by Crippen LogP contribution is -2.23. The minimum atomic E-state index is 1.19. The van der Waals surface area contributed by atoms with Crippen LogP contribution in [0.1, 0.15) is 0 Å². The van der Waals surface area contributed by atoms with Crippen molar-refractivity contribution in [3.05, 3.63) is 61.2 Å². The zero-order chi connectivity index (χ0) is 13.7. The molecular weight excluding hydrogens is 246 g/mol. The normalized spacial score (nSPS) is 11.5. The van der Waals surface area contributed by atoms with Crippen LogP contribution in [0.15, 0.2) is 61.2 Å². The van der Waals surface area contributed by atoms with Crippen LogP contribution in [-0.2, 0) is 14.1 Å². The maximum atomic E-state index is 2.26. The summed E-state index contributed by atoms with van der Waals surface area (Å²) in [4.78, 5) is 0. The van der Waals surface area contributed by atoms with Crippen LogP contribution in [0.2, 0.25) is 0 Å². The van der Waals surface area contributed by atoms with Crippen molar-refractivity contribution in [1.29, 1.82) is 0 Å². The van der Waals surface area contributed by atoms with E-state index >= 15 is 0 Å². The van der Waals surface area contributed by atoms with E-state index in [1.165, 1.54) is 27.5 Å². The Bertz CT molecular complexity index is 928. The molecule has 98 valence electrons. The summed E-state index contributed by atoms with van der Waals surface area (Å²) in [5.74, 6) is 0. The molecule has 0 unspecified atom stereocenters. The molecule has 0 aliphatic heterocycles. The number of nitrogens with zero attached hydrogens (tertiary/aromatic N) is 3. The Morgan fingerprint density at radius 2 is 1.75 bits per heavy atom. The fourth-order valence-electron chi connectivity index (χ4n) is 2.92. The first kappa shape index (κ1) is 11.3. The van der Waals surface area contributed by atoms with Crippen LogP contribution in [0, 0.1) is 0 Å². The van der Waals surface area contributed by atoms with Crippen LogP contribution in [0.5, 0.6) is 0 Å². The summed E-state index contributed by atoms with van der Waals surface area (Å²) in [5, 5.41) is 2.61. The zero-order valence-corrected chi connectivity index (χ0v) is 11.6. The third-order valence-electron chi connectivity index (χ3n) is 3.96. The lowest BCUT2D eigenvalue weighted by molar-refractivity contribution is -0.670. The Hall–Kier alpha value is -2.55. The molecule has 0 radical (unpaired) electrons. The van der Waals surface area contributed by atoms with Gasteiger partial charge in [-0.25, -0.2) is 9.13 Å². The van der Waals surface area contributed by atoms with Crippen molar-refractivity contribution in [3.63, 3.8) is 0 Å². The summed E-state index contributed by atoms with van der Waals surface area (Å²) < 4.78 is 6.44. The standard InChI is InChI=1S/C17H16N3/c1-18-9-10-20(12-18)13-7-8-17-15(11-13)14-5-3-4-6-16(14)19(17)2/h3-12H,1-2H3/q+1. The molecule has 0 aliphatic carbocycles. The highest BCUT2D eigenvalue weighted by Gasteiger charge is 2.11. The smallest absolute Gasteiger partial charge is 0.248 e. The quantitative estimate of drug-likeness (QED) is 0.468. The summed E-state index contributed by atoms with van der Waals surface area (Å²) in [6, 6.07) is 15.2. The van der Waals surface area contributed by atoms with Crippen molar-refractivity contribution < 1.29 is 4.57 Å². The molecule has 0 atom stereocenters. The van der Waals surface area contributed by atoms with Gasteiger partial charge in [0.2, 0.25) is 6.33 Å². The van der Waals surface area contributed by atoms with Gasteiger partial charge in [0, 0.05) is 28.9 Å². The molecule has 0 amide bonds. The van der Waals surface area contributed by atoms with Crippen LogP contribution in [0.3, 0.4) is 0 Å². The third-order valence-corrected chi connectivity index (χ3v) is 3.96. The maximum absolute atomic E-state index is 2.26. The van der Waals surface area contributed by atoms with Crippen molar-refractivity contribution >= 4 is 21.8 Å². The average Bonchev–Trinajstić information content (AvgIpc) is 3.03. The fourth-order valence-corrected chi connectivity index (χ4v) is 2.92. The Balaban J connectivity index is 2.06. The van der Waals surface area contributed by atoms with Gasteiger partial charge in [0.1, 0.15) is 18.1 Å². The Kier molecular flexibility index (Phi) is 2.24. The molecule has 0 saturated carbocycles. The SMILES string of the molecule is Cn1c2ccccc2c2cc(-n3cc[n+](C)c3)ccc21. The molecule has 0 saturated heterocycles. The molecular formula is C17H16N3+. The summed E-state index contributed by atoms with van der Waals surface area (Å²) in [5.41, 5.74) is 3.73. The van der Waals surface area contributed by atoms with Crippen molar-refractivity contribution in [3.8, 4) is 5.69 Å². The largest absolute Gasteiger partial charge is 0.344 e. The summed E-state index contributed by atoms with van der Waals surface area (Å²) in [6.45, 7) is 0. The molecule has 2 heterocycles. The molecule has 0 fully saturated rings. The topological polar surface area (TPSA) is 13.7 Å². The molecule has 20 heavy (non-hydrogen) atoms. The average molecular weight is 262 g/mol. The number of aromatic nitrogens is 3. The van der Waals surface area contributed by atoms with E-state index in [1.54, 1.807) is 0 Å². The van der Waals surface area contributed by atoms with Crippen LogP contribution >= 0.6 is 0 Å². The number of hydrogen-bond donors (Lipinski definition) is 0. The second kappa shape index (κ2) is 3.97. The van der Waals surface area contributed by atoms with E-state index in [0.717, 1.165) is 0 Å². The van der Waals surface area contributed by atoms with Gasteiger partial charge in [-0.2, -0.15) is 0 Å². The van der Waals surface area contributed by atoms with Gasteiger partial charge in [0.15, 0.2) is 0 Å². The summed E-state index contributed by atoms with van der Waals surface area (Å²) in [6.07, 6.45) is 6.20. The molecule has 4 aromatic rings. The third kappa shape index (κ3) is 1.50. The van der Waals surface area contributed by atoms with Crippen LogP contribution < -0.4 is 4.57 Å². The number of para-hydroxylation sites is 1. The first-order chi connectivity index (χ1) is 9.74. The number of rotatable bonds is 1. The molecule has 3 heteroatoms. The minimum absolute atomic E-state index is 1.19. The highest BCUT2D eigenvalue weighted by molar-refractivity contribution is 6.08. The van der Waals surface area contributed by atoms with Gasteiger partial charge >= 0.3 is 0 Å². The second-order valence-electron chi connectivity index (χ2n) is 5.26. The molecule has 0 N–H and O–H groups in total. The van der Waals surface area contributed by atoms with Crippen molar-refractivity contribution in [2.45, 2.75) is 0 Å². The summed E-state index contributed by atoms with van der Waals surface area (Å²) >= 11 is 0. The second-order valence-corrected chi connectivity index (χ2v) is 5.26. The number of benzene rings is 2. The van der Waals surface area contributed by atoms with Crippen LogP contribution in [0.25, 0.3) is 27.5 Å². The molecule has 2 aromatic heterocycles. The first-order valence-electron chi connectivity index (χ1n) is 6.75. The first-order valence-corrected chi connectivity index (χ1v) is 6.75. The van der Waals surface area contributed by atoms with Gasteiger partial charge in [0.05, 0.1) is 7.05 Å². The van der Waals surface area contributed by atoms with Crippen LogP contribution in [-0.4, -0.2) is 9.13 Å². The fraction of sp³-hybridized carbons (Fsp3) is 0.118. The molecule has 0 aliphatic rings. The van der Waals surface area contributed by atoms with E-state index in [1.807, 2.05) is 17.8 Å². The van der Waals surface area contributed by atoms with E-state index in [9.17, 15) is 0 Å². The summed E-state index contributed by atoms with van der Waals surface area (Å²) in [7, 11) is 4.16. The van der Waals surface area contributed by atoms with E-state index in [-0.39, 0.29) is 0 Å². The Morgan fingerprint density at radius 3 is 2.55 bits per heavy atom. The van der Waals surface area contributed by atoms with Crippen molar-refractivity contribution in [2.24, 2.45) is 14.1 Å². The van der Waals surface area contributed by atoms with Gasteiger partial charge in [-0.15, -0.1) is 0 Å². The monoisotopic (exact) mass is 262 g/mol. The number of aryl methyl sites for hydroxylation is 2. The maximum Gasteiger partial charge on any atom is 0.248 e. The van der Waals surface area contributed by atoms with Gasteiger partial charge in [-0.1, -0.05) is 18.2 Å². The van der Waals surface area contributed by atoms with Gasteiger partial charge in [-0.05, 0) is 24.3 Å². The van der Waals surface area contributed by atoms with E-state index in [4.69, 9.17) is 0 Å². The van der Waals surface area contributed by atoms with Gasteiger partial charge < -0.3 is 4.57 Å². The molecule has 2 aromatic carbocycles. The Morgan fingerprint density at radius 1 is 0.950 bits per heavy atom. The van der Waals surface area contributed by atoms with Crippen molar-refractivity contribution in [1.82, 2.24) is 9.13 Å². The lowest BCUT2D eigenvalue weighted by Gasteiger charge is -1.99. The van der Waals surface area contributed by atoms with Gasteiger partial charge in [0.25, 0.3) is 0 Å². The Labute approximate surface area is 117 Å². The molecule has 4 rings (SSSR count). The predicted molar refractivity (Wildman–Crippen MR) is 80.9 cm³/mol. The van der Waals surface area contributed by atoms with E-state index < -0.39 is 0 Å². The highest BCUT2D eigenvalue weighted by Crippen LogP contribution is 2.29. The lowest BCUT2D eigenvalue weighted by atomic mass is 10.1. The molecule has 0 bridgehead atoms. The van der Waals surface area contributed by atoms with E-state index in [0.29, 0.717) is 0 Å². The molecule has 3 nitrogen and oxygen atoms in total. The minimum Gasteiger partial charge on any atom is -0.344 e. The zero-order valence-electron chi connectivity index (χ0n) is 11.6.